The van der Waals surface area contributed by atoms with Crippen molar-refractivity contribution in [2.45, 2.75) is 0 Å². The molecule has 0 amide bonds. The van der Waals surface area contributed by atoms with E-state index in [9.17, 15) is 4.79 Å². The lowest BCUT2D eigenvalue weighted by Gasteiger charge is -2.12. The molecule has 2 aromatic carbocycles. The van der Waals surface area contributed by atoms with Gasteiger partial charge in [-0.05, 0) is 33.6 Å². The van der Waals surface area contributed by atoms with Crippen LogP contribution in [0, 0.1) is 0 Å². The van der Waals surface area contributed by atoms with E-state index >= 15 is 0 Å². The van der Waals surface area contributed by atoms with Crippen LogP contribution in [0.2, 0.25) is 0 Å². The fourth-order valence-corrected chi connectivity index (χ4v) is 2.23. The minimum Gasteiger partial charge on any atom is -0.495 e. The first-order valence-corrected chi connectivity index (χ1v) is 7.00. The Labute approximate surface area is 131 Å². The number of halogens is 1. The van der Waals surface area contributed by atoms with Crippen molar-refractivity contribution in [1.82, 2.24) is 0 Å². The molecule has 0 aliphatic carbocycles. The Balaban J connectivity index is 2.34. The molecule has 0 saturated carbocycles. The molecule has 0 unspecified atom stereocenters. The number of ether oxygens (including phenoxy) is 1. The lowest BCUT2D eigenvalue weighted by molar-refractivity contribution is -0.131. The number of methoxy groups -OCH3 is 1. The molecule has 0 aromatic heterocycles. The Bertz CT molecular complexity index is 668. The molecule has 0 saturated heterocycles. The Morgan fingerprint density at radius 3 is 2.57 bits per heavy atom. The van der Waals surface area contributed by atoms with Crippen LogP contribution in [-0.4, -0.2) is 18.2 Å². The van der Waals surface area contributed by atoms with Gasteiger partial charge in [-0.15, -0.1) is 0 Å². The minimum absolute atomic E-state index is 0.507. The Morgan fingerprint density at radius 2 is 1.95 bits per heavy atom. The largest absolute Gasteiger partial charge is 0.495 e. The molecule has 108 valence electrons. The van der Waals surface area contributed by atoms with E-state index in [2.05, 4.69) is 21.2 Å². The maximum atomic E-state index is 11.0. The van der Waals surface area contributed by atoms with Crippen molar-refractivity contribution in [3.8, 4) is 5.75 Å². The normalized spacial score (nSPS) is 11.0. The fourth-order valence-electron chi connectivity index (χ4n) is 1.83. The number of hydrogen-bond acceptors (Lipinski definition) is 3. The van der Waals surface area contributed by atoms with Crippen molar-refractivity contribution >= 4 is 33.3 Å². The van der Waals surface area contributed by atoms with Gasteiger partial charge in [-0.3, -0.25) is 0 Å². The monoisotopic (exact) mass is 347 g/mol. The number of hydrogen-bond donors (Lipinski definition) is 2. The number of carbonyl (C=O) groups is 1. The first-order chi connectivity index (χ1) is 10.1. The molecule has 4 nitrogen and oxygen atoms in total. The minimum atomic E-state index is -1.01. The SMILES string of the molecule is COc1cc(N/C(=C/C(=O)O)c2ccccc2)ccc1Br. The number of benzene rings is 2. The standard InChI is InChI=1S/C16H14BrNO3/c1-21-15-9-12(7-8-13(15)17)18-14(10-16(19)20)11-5-3-2-4-6-11/h2-10,18H,1H3,(H,19,20)/b14-10+. The lowest BCUT2D eigenvalue weighted by atomic mass is 10.1. The van der Waals surface area contributed by atoms with E-state index < -0.39 is 5.97 Å². The first kappa shape index (κ1) is 15.1. The number of anilines is 1. The third kappa shape index (κ3) is 4.10. The molecule has 0 aliphatic rings. The third-order valence-corrected chi connectivity index (χ3v) is 3.44. The van der Waals surface area contributed by atoms with Crippen LogP contribution in [0.1, 0.15) is 5.56 Å². The second-order valence-electron chi connectivity index (χ2n) is 4.24. The van der Waals surface area contributed by atoms with Crippen molar-refractivity contribution in [1.29, 1.82) is 0 Å². The van der Waals surface area contributed by atoms with Gasteiger partial charge >= 0.3 is 5.97 Å². The smallest absolute Gasteiger partial charge is 0.330 e. The van der Waals surface area contributed by atoms with Gasteiger partial charge in [0.2, 0.25) is 0 Å². The van der Waals surface area contributed by atoms with E-state index in [1.54, 1.807) is 13.2 Å². The van der Waals surface area contributed by atoms with Gasteiger partial charge in [-0.2, -0.15) is 0 Å². The zero-order valence-corrected chi connectivity index (χ0v) is 12.9. The second-order valence-corrected chi connectivity index (χ2v) is 5.09. The first-order valence-electron chi connectivity index (χ1n) is 6.21. The van der Waals surface area contributed by atoms with Crippen molar-refractivity contribution in [2.75, 3.05) is 12.4 Å². The number of aliphatic carboxylic acids is 1. The van der Waals surface area contributed by atoms with Gasteiger partial charge in [-0.25, -0.2) is 4.79 Å². The summed E-state index contributed by atoms with van der Waals surface area (Å²) in [6, 6.07) is 14.8. The Hall–Kier alpha value is -2.27. The topological polar surface area (TPSA) is 58.6 Å². The van der Waals surface area contributed by atoms with Crippen molar-refractivity contribution in [3.05, 3.63) is 64.6 Å². The number of rotatable bonds is 5. The van der Waals surface area contributed by atoms with Gasteiger partial charge in [0.1, 0.15) is 5.75 Å². The molecule has 0 atom stereocenters. The van der Waals surface area contributed by atoms with Crippen LogP contribution in [0.25, 0.3) is 5.70 Å². The zero-order valence-electron chi connectivity index (χ0n) is 11.3. The summed E-state index contributed by atoms with van der Waals surface area (Å²) in [5, 5.41) is 12.1. The van der Waals surface area contributed by atoms with Crippen LogP contribution < -0.4 is 10.1 Å². The van der Waals surface area contributed by atoms with E-state index in [1.165, 1.54) is 0 Å². The molecular formula is C16H14BrNO3. The third-order valence-electron chi connectivity index (χ3n) is 2.78. The summed E-state index contributed by atoms with van der Waals surface area (Å²) in [5.41, 5.74) is 2.04. The molecule has 0 spiro atoms. The molecule has 0 fully saturated rings. The Kier molecular flexibility index (Phi) is 5.00. The van der Waals surface area contributed by atoms with Gasteiger partial charge in [0.25, 0.3) is 0 Å². The quantitative estimate of drug-likeness (QED) is 0.802. The average Bonchev–Trinajstić information content (AvgIpc) is 2.49. The molecule has 0 bridgehead atoms. The van der Waals surface area contributed by atoms with Crippen molar-refractivity contribution < 1.29 is 14.6 Å². The maximum Gasteiger partial charge on any atom is 0.330 e. The molecule has 2 rings (SSSR count). The second kappa shape index (κ2) is 6.95. The molecule has 2 N–H and O–H groups in total. The van der Waals surface area contributed by atoms with Gasteiger partial charge in [-0.1, -0.05) is 30.3 Å². The summed E-state index contributed by atoms with van der Waals surface area (Å²) in [5.74, 6) is -0.340. The lowest BCUT2D eigenvalue weighted by Crippen LogP contribution is -2.02. The summed E-state index contributed by atoms with van der Waals surface area (Å²) in [6.07, 6.45) is 1.14. The molecular weight excluding hydrogens is 334 g/mol. The van der Waals surface area contributed by atoms with Crippen LogP contribution in [-0.2, 0) is 4.79 Å². The molecule has 0 heterocycles. The van der Waals surface area contributed by atoms with Crippen LogP contribution in [0.3, 0.4) is 0 Å². The average molecular weight is 348 g/mol. The predicted octanol–water partition coefficient (Wildman–Crippen LogP) is 4.00. The fraction of sp³-hybridized carbons (Fsp3) is 0.0625. The van der Waals surface area contributed by atoms with E-state index in [1.807, 2.05) is 42.5 Å². The van der Waals surface area contributed by atoms with Gasteiger partial charge in [0, 0.05) is 17.8 Å². The van der Waals surface area contributed by atoms with Crippen LogP contribution in [0.4, 0.5) is 5.69 Å². The highest BCUT2D eigenvalue weighted by Gasteiger charge is 2.07. The molecule has 0 radical (unpaired) electrons. The van der Waals surface area contributed by atoms with Crippen molar-refractivity contribution in [2.24, 2.45) is 0 Å². The number of carboxylic acid groups (broad SMARTS) is 1. The molecule has 21 heavy (non-hydrogen) atoms. The Morgan fingerprint density at radius 1 is 1.24 bits per heavy atom. The van der Waals surface area contributed by atoms with Gasteiger partial charge in [0.15, 0.2) is 0 Å². The van der Waals surface area contributed by atoms with E-state index in [4.69, 9.17) is 9.84 Å². The van der Waals surface area contributed by atoms with E-state index in [0.717, 1.165) is 21.8 Å². The molecule has 5 heteroatoms. The predicted molar refractivity (Wildman–Crippen MR) is 86.4 cm³/mol. The summed E-state index contributed by atoms with van der Waals surface area (Å²) < 4.78 is 6.06. The van der Waals surface area contributed by atoms with Crippen LogP contribution in [0.5, 0.6) is 5.75 Å². The summed E-state index contributed by atoms with van der Waals surface area (Å²) >= 11 is 3.38. The molecule has 2 aromatic rings. The summed E-state index contributed by atoms with van der Waals surface area (Å²) in [7, 11) is 1.58. The maximum absolute atomic E-state index is 11.0. The highest BCUT2D eigenvalue weighted by molar-refractivity contribution is 9.10. The highest BCUT2D eigenvalue weighted by Crippen LogP contribution is 2.29. The van der Waals surface area contributed by atoms with Crippen LogP contribution >= 0.6 is 15.9 Å². The van der Waals surface area contributed by atoms with Gasteiger partial charge in [0.05, 0.1) is 17.3 Å². The number of nitrogens with one attached hydrogen (secondary N) is 1. The van der Waals surface area contributed by atoms with E-state index in [-0.39, 0.29) is 0 Å². The van der Waals surface area contributed by atoms with Crippen LogP contribution in [0.15, 0.2) is 59.1 Å². The van der Waals surface area contributed by atoms with Crippen molar-refractivity contribution in [3.63, 3.8) is 0 Å². The zero-order chi connectivity index (χ0) is 15.2. The highest BCUT2D eigenvalue weighted by atomic mass is 79.9. The summed E-state index contributed by atoms with van der Waals surface area (Å²) in [6.45, 7) is 0. The number of carboxylic acids is 1. The summed E-state index contributed by atoms with van der Waals surface area (Å²) in [4.78, 5) is 11.0. The van der Waals surface area contributed by atoms with E-state index in [0.29, 0.717) is 11.4 Å². The molecule has 0 aliphatic heterocycles. The van der Waals surface area contributed by atoms with Gasteiger partial charge < -0.3 is 15.2 Å².